The summed E-state index contributed by atoms with van der Waals surface area (Å²) in [6, 6.07) is 14.3. The summed E-state index contributed by atoms with van der Waals surface area (Å²) in [6.07, 6.45) is 2.65. The number of benzene rings is 2. The predicted octanol–water partition coefficient (Wildman–Crippen LogP) is 2.19. The monoisotopic (exact) mass is 361 g/mol. The third-order valence-electron chi connectivity index (χ3n) is 4.71. The van der Waals surface area contributed by atoms with Gasteiger partial charge in [0, 0.05) is 23.6 Å². The van der Waals surface area contributed by atoms with E-state index in [0.717, 1.165) is 21.1 Å². The second kappa shape index (κ2) is 7.03. The molecule has 0 spiro atoms. The standard InChI is InChI=1S/C20H19N5O2/c1-13(25-20(27)16-7-3-5-9-18(16)23-24-25)19(26)21-11-10-14-12-22-17-8-4-2-6-15(14)17/h2-9,12-13,22H,10-11H2,1H3,(H,21,26)/t13-/m0/s1. The molecule has 2 aromatic heterocycles. The quantitative estimate of drug-likeness (QED) is 0.570. The molecule has 0 fully saturated rings. The van der Waals surface area contributed by atoms with Crippen LogP contribution in [0.5, 0.6) is 0 Å². The van der Waals surface area contributed by atoms with Crippen LogP contribution in [0.1, 0.15) is 18.5 Å². The normalized spacial score (nSPS) is 12.3. The van der Waals surface area contributed by atoms with E-state index < -0.39 is 6.04 Å². The number of aromatic amines is 1. The van der Waals surface area contributed by atoms with Gasteiger partial charge in [-0.25, -0.2) is 0 Å². The molecule has 0 bridgehead atoms. The molecule has 2 N–H and O–H groups in total. The van der Waals surface area contributed by atoms with Gasteiger partial charge in [0.2, 0.25) is 5.91 Å². The van der Waals surface area contributed by atoms with Crippen LogP contribution in [-0.4, -0.2) is 32.4 Å². The van der Waals surface area contributed by atoms with E-state index in [2.05, 4.69) is 26.7 Å². The van der Waals surface area contributed by atoms with E-state index in [1.807, 2.05) is 24.4 Å². The number of nitrogens with one attached hydrogen (secondary N) is 2. The Morgan fingerprint density at radius 2 is 1.89 bits per heavy atom. The van der Waals surface area contributed by atoms with Gasteiger partial charge in [0.1, 0.15) is 11.6 Å². The van der Waals surface area contributed by atoms with Crippen molar-refractivity contribution in [3.63, 3.8) is 0 Å². The molecule has 0 aliphatic rings. The second-order valence-corrected chi connectivity index (χ2v) is 6.43. The molecule has 0 aliphatic carbocycles. The number of hydrogen-bond donors (Lipinski definition) is 2. The van der Waals surface area contributed by atoms with Crippen LogP contribution in [0, 0.1) is 0 Å². The number of fused-ring (bicyclic) bond motifs is 2. The van der Waals surface area contributed by atoms with E-state index in [9.17, 15) is 9.59 Å². The summed E-state index contributed by atoms with van der Waals surface area (Å²) in [5, 5.41) is 12.4. The Balaban J connectivity index is 1.45. The van der Waals surface area contributed by atoms with Gasteiger partial charge in [-0.3, -0.25) is 9.59 Å². The lowest BCUT2D eigenvalue weighted by molar-refractivity contribution is -0.124. The summed E-state index contributed by atoms with van der Waals surface area (Å²) in [6.45, 7) is 2.12. The molecule has 136 valence electrons. The van der Waals surface area contributed by atoms with Crippen molar-refractivity contribution in [2.24, 2.45) is 0 Å². The molecule has 4 aromatic rings. The Morgan fingerprint density at radius 1 is 1.15 bits per heavy atom. The van der Waals surface area contributed by atoms with Gasteiger partial charge in [-0.2, -0.15) is 4.68 Å². The molecule has 0 radical (unpaired) electrons. The third kappa shape index (κ3) is 3.19. The summed E-state index contributed by atoms with van der Waals surface area (Å²) in [5.74, 6) is -0.262. The van der Waals surface area contributed by atoms with E-state index in [0.29, 0.717) is 23.9 Å². The summed E-state index contributed by atoms with van der Waals surface area (Å²) < 4.78 is 1.13. The first-order valence-electron chi connectivity index (χ1n) is 8.82. The van der Waals surface area contributed by atoms with Crippen molar-refractivity contribution in [2.75, 3.05) is 6.54 Å². The molecule has 4 rings (SSSR count). The zero-order chi connectivity index (χ0) is 18.8. The maximum atomic E-state index is 12.6. The van der Waals surface area contributed by atoms with Crippen LogP contribution in [0.2, 0.25) is 0 Å². The number of carbonyl (C=O) groups excluding carboxylic acids is 1. The predicted molar refractivity (Wildman–Crippen MR) is 104 cm³/mol. The Bertz CT molecular complexity index is 1180. The number of rotatable bonds is 5. The van der Waals surface area contributed by atoms with Crippen molar-refractivity contribution in [1.29, 1.82) is 0 Å². The number of amides is 1. The Labute approximate surface area is 155 Å². The van der Waals surface area contributed by atoms with Crippen LogP contribution in [0.4, 0.5) is 0 Å². The van der Waals surface area contributed by atoms with Gasteiger partial charge in [0.25, 0.3) is 5.56 Å². The van der Waals surface area contributed by atoms with Crippen LogP contribution < -0.4 is 10.9 Å². The van der Waals surface area contributed by atoms with E-state index in [-0.39, 0.29) is 11.5 Å². The highest BCUT2D eigenvalue weighted by atomic mass is 16.2. The lowest BCUT2D eigenvalue weighted by atomic mass is 10.1. The Hall–Kier alpha value is -3.48. The number of hydrogen-bond acceptors (Lipinski definition) is 4. The molecule has 2 heterocycles. The van der Waals surface area contributed by atoms with Crippen molar-refractivity contribution in [1.82, 2.24) is 25.3 Å². The molecule has 1 atom stereocenters. The number of para-hydroxylation sites is 1. The van der Waals surface area contributed by atoms with Gasteiger partial charge >= 0.3 is 0 Å². The molecule has 7 heteroatoms. The number of aromatic nitrogens is 4. The largest absolute Gasteiger partial charge is 0.361 e. The highest BCUT2D eigenvalue weighted by molar-refractivity contribution is 5.83. The van der Waals surface area contributed by atoms with Gasteiger partial charge in [0.15, 0.2) is 0 Å². The fraction of sp³-hybridized carbons (Fsp3) is 0.200. The highest BCUT2D eigenvalue weighted by Gasteiger charge is 2.18. The van der Waals surface area contributed by atoms with Crippen LogP contribution in [0.15, 0.2) is 59.5 Å². The average Bonchev–Trinajstić information content (AvgIpc) is 3.11. The Morgan fingerprint density at radius 3 is 2.74 bits per heavy atom. The summed E-state index contributed by atoms with van der Waals surface area (Å²) in [4.78, 5) is 28.3. The van der Waals surface area contributed by atoms with Gasteiger partial charge in [0.05, 0.1) is 5.39 Å². The highest BCUT2D eigenvalue weighted by Crippen LogP contribution is 2.17. The molecular formula is C20H19N5O2. The van der Waals surface area contributed by atoms with Crippen molar-refractivity contribution in [2.45, 2.75) is 19.4 Å². The minimum Gasteiger partial charge on any atom is -0.361 e. The number of nitrogens with zero attached hydrogens (tertiary/aromatic N) is 3. The minimum atomic E-state index is -0.738. The molecule has 0 unspecified atom stereocenters. The van der Waals surface area contributed by atoms with Crippen molar-refractivity contribution >= 4 is 27.7 Å². The average molecular weight is 361 g/mol. The third-order valence-corrected chi connectivity index (χ3v) is 4.71. The maximum Gasteiger partial charge on any atom is 0.278 e. The first-order chi connectivity index (χ1) is 13.1. The van der Waals surface area contributed by atoms with E-state index in [1.165, 1.54) is 0 Å². The van der Waals surface area contributed by atoms with Gasteiger partial charge in [-0.05, 0) is 37.1 Å². The van der Waals surface area contributed by atoms with Crippen molar-refractivity contribution in [3.8, 4) is 0 Å². The first kappa shape index (κ1) is 17.0. The molecule has 2 aromatic carbocycles. The lowest BCUT2D eigenvalue weighted by Gasteiger charge is -2.13. The maximum absolute atomic E-state index is 12.6. The van der Waals surface area contributed by atoms with Crippen LogP contribution in [0.3, 0.4) is 0 Å². The second-order valence-electron chi connectivity index (χ2n) is 6.43. The smallest absolute Gasteiger partial charge is 0.278 e. The first-order valence-corrected chi connectivity index (χ1v) is 8.82. The topological polar surface area (TPSA) is 92.7 Å². The summed E-state index contributed by atoms with van der Waals surface area (Å²) >= 11 is 0. The number of H-pyrrole nitrogens is 1. The summed E-state index contributed by atoms with van der Waals surface area (Å²) in [5.41, 5.74) is 2.41. The molecular weight excluding hydrogens is 342 g/mol. The minimum absolute atomic E-state index is 0.262. The molecule has 7 nitrogen and oxygen atoms in total. The fourth-order valence-electron chi connectivity index (χ4n) is 3.17. The SMILES string of the molecule is C[C@@H](C(=O)NCCc1c[nH]c2ccccc12)n1nnc2ccccc2c1=O. The summed E-state index contributed by atoms with van der Waals surface area (Å²) in [7, 11) is 0. The van der Waals surface area contributed by atoms with E-state index in [4.69, 9.17) is 0 Å². The lowest BCUT2D eigenvalue weighted by Crippen LogP contribution is -2.38. The molecule has 1 amide bonds. The van der Waals surface area contributed by atoms with E-state index in [1.54, 1.807) is 31.2 Å². The zero-order valence-electron chi connectivity index (χ0n) is 14.8. The zero-order valence-corrected chi connectivity index (χ0v) is 14.8. The van der Waals surface area contributed by atoms with Crippen molar-refractivity contribution < 1.29 is 4.79 Å². The van der Waals surface area contributed by atoms with Crippen LogP contribution in [-0.2, 0) is 11.2 Å². The molecule has 27 heavy (non-hydrogen) atoms. The number of carbonyl (C=O) groups is 1. The molecule has 0 saturated carbocycles. The molecule has 0 aliphatic heterocycles. The molecule has 0 saturated heterocycles. The van der Waals surface area contributed by atoms with Crippen LogP contribution >= 0.6 is 0 Å². The van der Waals surface area contributed by atoms with Gasteiger partial charge in [-0.15, -0.1) is 5.10 Å². The Kier molecular flexibility index (Phi) is 4.42. The van der Waals surface area contributed by atoms with Crippen molar-refractivity contribution in [3.05, 3.63) is 70.6 Å². The van der Waals surface area contributed by atoms with E-state index >= 15 is 0 Å². The fourth-order valence-corrected chi connectivity index (χ4v) is 3.17. The van der Waals surface area contributed by atoms with Gasteiger partial charge in [-0.1, -0.05) is 35.5 Å². The van der Waals surface area contributed by atoms with Gasteiger partial charge < -0.3 is 10.3 Å². The van der Waals surface area contributed by atoms with Crippen LogP contribution in [0.25, 0.3) is 21.8 Å².